The lowest BCUT2D eigenvalue weighted by atomic mass is 10.1. The Bertz CT molecular complexity index is 968. The van der Waals surface area contributed by atoms with E-state index in [0.29, 0.717) is 15.9 Å². The Morgan fingerprint density at radius 1 is 1.00 bits per heavy atom. The van der Waals surface area contributed by atoms with Gasteiger partial charge in [-0.15, -0.1) is 22.7 Å². The summed E-state index contributed by atoms with van der Waals surface area (Å²) in [6.45, 7) is 0. The van der Waals surface area contributed by atoms with Crippen LogP contribution in [0.5, 0.6) is 0 Å². The quantitative estimate of drug-likeness (QED) is 0.404. The van der Waals surface area contributed by atoms with Crippen LogP contribution in [-0.4, -0.2) is 4.98 Å². The van der Waals surface area contributed by atoms with E-state index in [2.05, 4.69) is 4.98 Å². The molecular weight excluding hydrogens is 327 g/mol. The van der Waals surface area contributed by atoms with Crippen LogP contribution in [0.3, 0.4) is 0 Å². The van der Waals surface area contributed by atoms with Gasteiger partial charge in [0.1, 0.15) is 4.83 Å². The average molecular weight is 335 g/mol. The Hall–Kier alpha value is -1.92. The van der Waals surface area contributed by atoms with Crippen LogP contribution in [-0.2, 0) is 6.18 Å². The Morgan fingerprint density at radius 2 is 1.82 bits per heavy atom. The molecule has 0 saturated heterocycles. The Labute approximate surface area is 131 Å². The third-order valence-electron chi connectivity index (χ3n) is 3.43. The molecule has 0 aliphatic heterocycles. The van der Waals surface area contributed by atoms with E-state index < -0.39 is 11.7 Å². The van der Waals surface area contributed by atoms with Crippen LogP contribution in [0.1, 0.15) is 5.56 Å². The molecule has 0 spiro atoms. The number of halogens is 3. The zero-order valence-corrected chi connectivity index (χ0v) is 12.6. The second-order valence-corrected chi connectivity index (χ2v) is 6.79. The van der Waals surface area contributed by atoms with E-state index in [1.165, 1.54) is 22.7 Å². The molecule has 0 atom stereocenters. The van der Waals surface area contributed by atoms with Gasteiger partial charge in [0.05, 0.1) is 16.1 Å². The molecule has 0 unspecified atom stereocenters. The Morgan fingerprint density at radius 3 is 2.55 bits per heavy atom. The van der Waals surface area contributed by atoms with Crippen LogP contribution in [0.4, 0.5) is 13.2 Å². The summed E-state index contributed by atoms with van der Waals surface area (Å²) in [7, 11) is 0. The lowest BCUT2D eigenvalue weighted by Gasteiger charge is -2.10. The third kappa shape index (κ3) is 2.10. The molecule has 3 aromatic heterocycles. The van der Waals surface area contributed by atoms with Gasteiger partial charge in [0, 0.05) is 15.5 Å². The van der Waals surface area contributed by atoms with Crippen molar-refractivity contribution in [2.75, 3.05) is 0 Å². The summed E-state index contributed by atoms with van der Waals surface area (Å²) in [5, 5.41) is 2.65. The molecule has 0 radical (unpaired) electrons. The maximum atomic E-state index is 13.5. The van der Waals surface area contributed by atoms with Crippen LogP contribution >= 0.6 is 22.7 Å². The minimum atomic E-state index is -4.41. The molecule has 3 heterocycles. The number of pyridine rings is 1. The van der Waals surface area contributed by atoms with Gasteiger partial charge in [0.25, 0.3) is 0 Å². The highest BCUT2D eigenvalue weighted by atomic mass is 32.1. The van der Waals surface area contributed by atoms with Gasteiger partial charge in [0.2, 0.25) is 0 Å². The molecule has 4 aromatic rings. The molecule has 6 heteroatoms. The SMILES string of the molecule is FC(F)(F)c1cc(-c2cccs2)nc2sc3ccccc3c12. The highest BCUT2D eigenvalue weighted by molar-refractivity contribution is 7.25. The maximum absolute atomic E-state index is 13.5. The number of nitrogens with zero attached hydrogens (tertiary/aromatic N) is 1. The fourth-order valence-electron chi connectivity index (χ4n) is 2.50. The Kier molecular flexibility index (Phi) is 2.99. The third-order valence-corrected chi connectivity index (χ3v) is 5.39. The van der Waals surface area contributed by atoms with Gasteiger partial charge in [-0.05, 0) is 23.6 Å². The molecule has 0 bridgehead atoms. The molecule has 0 fully saturated rings. The second-order valence-electron chi connectivity index (χ2n) is 4.81. The van der Waals surface area contributed by atoms with E-state index in [9.17, 15) is 13.2 Å². The minimum Gasteiger partial charge on any atom is -0.236 e. The van der Waals surface area contributed by atoms with Crippen LogP contribution < -0.4 is 0 Å². The normalized spacial score (nSPS) is 12.3. The number of rotatable bonds is 1. The number of benzene rings is 1. The first kappa shape index (κ1) is 13.7. The molecule has 1 aromatic carbocycles. The van der Waals surface area contributed by atoms with Crippen molar-refractivity contribution < 1.29 is 13.2 Å². The summed E-state index contributed by atoms with van der Waals surface area (Å²) in [4.78, 5) is 5.63. The molecule has 0 aliphatic carbocycles. The van der Waals surface area contributed by atoms with Gasteiger partial charge in [-0.2, -0.15) is 13.2 Å². The number of aromatic nitrogens is 1. The van der Waals surface area contributed by atoms with Gasteiger partial charge in [-0.3, -0.25) is 0 Å². The van der Waals surface area contributed by atoms with Crippen LogP contribution in [0.2, 0.25) is 0 Å². The highest BCUT2D eigenvalue weighted by Gasteiger charge is 2.35. The zero-order chi connectivity index (χ0) is 15.3. The first-order chi connectivity index (χ1) is 10.5. The Balaban J connectivity index is 2.14. The van der Waals surface area contributed by atoms with E-state index in [4.69, 9.17) is 0 Å². The highest BCUT2D eigenvalue weighted by Crippen LogP contribution is 2.43. The van der Waals surface area contributed by atoms with E-state index in [-0.39, 0.29) is 5.39 Å². The standard InChI is InChI=1S/C16H8F3NS2/c17-16(18,19)10-8-11(13-6-3-7-21-13)20-15-14(10)9-4-1-2-5-12(9)22-15/h1-8H. The molecule has 22 heavy (non-hydrogen) atoms. The maximum Gasteiger partial charge on any atom is 0.417 e. The van der Waals surface area contributed by atoms with Crippen LogP contribution in [0.25, 0.3) is 30.9 Å². The molecular formula is C16H8F3NS2. The summed E-state index contributed by atoms with van der Waals surface area (Å²) in [6, 6.07) is 11.9. The van der Waals surface area contributed by atoms with Crippen molar-refractivity contribution in [3.05, 3.63) is 53.4 Å². The van der Waals surface area contributed by atoms with Gasteiger partial charge in [0.15, 0.2) is 0 Å². The van der Waals surface area contributed by atoms with Crippen molar-refractivity contribution >= 4 is 43.0 Å². The summed E-state index contributed by atoms with van der Waals surface area (Å²) in [6.07, 6.45) is -4.41. The topological polar surface area (TPSA) is 12.9 Å². The number of thiophene rings is 2. The van der Waals surface area contributed by atoms with Gasteiger partial charge >= 0.3 is 6.18 Å². The van der Waals surface area contributed by atoms with Crippen molar-refractivity contribution in [2.45, 2.75) is 6.18 Å². The average Bonchev–Trinajstić information content (AvgIpc) is 3.12. The number of fused-ring (bicyclic) bond motifs is 3. The lowest BCUT2D eigenvalue weighted by molar-refractivity contribution is -0.136. The minimum absolute atomic E-state index is 0.202. The van der Waals surface area contributed by atoms with E-state index >= 15 is 0 Å². The predicted molar refractivity (Wildman–Crippen MR) is 85.4 cm³/mol. The van der Waals surface area contributed by atoms with Gasteiger partial charge in [-0.1, -0.05) is 24.3 Å². The molecule has 0 saturated carbocycles. The van der Waals surface area contributed by atoms with Crippen molar-refractivity contribution in [1.82, 2.24) is 4.98 Å². The number of alkyl halides is 3. The number of hydrogen-bond acceptors (Lipinski definition) is 3. The second kappa shape index (κ2) is 4.79. The van der Waals surface area contributed by atoms with E-state index in [1.54, 1.807) is 18.2 Å². The van der Waals surface area contributed by atoms with Crippen molar-refractivity contribution in [3.8, 4) is 10.6 Å². The summed E-state index contributed by atoms with van der Waals surface area (Å²) in [5.74, 6) is 0. The fraction of sp³-hybridized carbons (Fsp3) is 0.0625. The monoisotopic (exact) mass is 335 g/mol. The summed E-state index contributed by atoms with van der Waals surface area (Å²) >= 11 is 2.68. The summed E-state index contributed by atoms with van der Waals surface area (Å²) in [5.41, 5.74) is -0.236. The van der Waals surface area contributed by atoms with Crippen LogP contribution in [0, 0.1) is 0 Å². The van der Waals surface area contributed by atoms with Gasteiger partial charge in [-0.25, -0.2) is 4.98 Å². The van der Waals surface area contributed by atoms with Crippen molar-refractivity contribution in [1.29, 1.82) is 0 Å². The van der Waals surface area contributed by atoms with E-state index in [1.807, 2.05) is 23.6 Å². The molecule has 1 nitrogen and oxygen atoms in total. The molecule has 0 N–H and O–H groups in total. The first-order valence-electron chi connectivity index (χ1n) is 6.47. The molecule has 0 aliphatic rings. The van der Waals surface area contributed by atoms with Crippen molar-refractivity contribution in [3.63, 3.8) is 0 Å². The first-order valence-corrected chi connectivity index (χ1v) is 8.17. The molecule has 0 amide bonds. The molecule has 110 valence electrons. The molecule has 4 rings (SSSR count). The largest absolute Gasteiger partial charge is 0.417 e. The van der Waals surface area contributed by atoms with Crippen molar-refractivity contribution in [2.24, 2.45) is 0 Å². The smallest absolute Gasteiger partial charge is 0.236 e. The summed E-state index contributed by atoms with van der Waals surface area (Å²) < 4.78 is 41.4. The van der Waals surface area contributed by atoms with Crippen LogP contribution in [0.15, 0.2) is 47.8 Å². The lowest BCUT2D eigenvalue weighted by Crippen LogP contribution is -2.06. The van der Waals surface area contributed by atoms with E-state index in [0.717, 1.165) is 15.6 Å². The van der Waals surface area contributed by atoms with Gasteiger partial charge < -0.3 is 0 Å². The number of hydrogen-bond donors (Lipinski definition) is 0. The zero-order valence-electron chi connectivity index (χ0n) is 11.0. The fourth-order valence-corrected chi connectivity index (χ4v) is 4.28. The predicted octanol–water partition coefficient (Wildman–Crippen LogP) is 6.20.